The third-order valence-corrected chi connectivity index (χ3v) is 9.24. The summed E-state index contributed by atoms with van der Waals surface area (Å²) in [5.74, 6) is 2.93. The summed E-state index contributed by atoms with van der Waals surface area (Å²) in [6.45, 7) is 5.54. The molecule has 0 heterocycles. The molecule has 218 valence electrons. The monoisotopic (exact) mass is 550 g/mol. The molecule has 4 rings (SSSR count). The average molecular weight is 551 g/mol. The first-order valence-corrected chi connectivity index (χ1v) is 15.5. The van der Waals surface area contributed by atoms with Gasteiger partial charge in [-0.25, -0.2) is 9.18 Å². The summed E-state index contributed by atoms with van der Waals surface area (Å²) in [5, 5.41) is 8.89. The fourth-order valence-electron chi connectivity index (χ4n) is 6.77. The standard InChI is InChI=1S/C35H47FO4/c1-3-4-5-6-26-7-9-27(10-8-26)28-11-13-30(14-12-28)33-20-17-31(23-34(33)36)29-15-18-32(19-16-29)39-21-22-40-35(38)25(2)24-37/h15-20,23,26-28,30,37H,2-14,21-22,24H2,1H3. The Morgan fingerprint density at radius 1 is 0.900 bits per heavy atom. The molecule has 0 spiro atoms. The Hall–Kier alpha value is -2.66. The SMILES string of the molecule is C=C(CO)C(=O)OCCOc1ccc(-c2ccc(C3CCC(C4CCC(CCCCC)CC4)CC3)c(F)c2)cc1. The van der Waals surface area contributed by atoms with Gasteiger partial charge in [0.05, 0.1) is 12.2 Å². The van der Waals surface area contributed by atoms with Gasteiger partial charge in [-0.15, -0.1) is 0 Å². The van der Waals surface area contributed by atoms with Crippen molar-refractivity contribution >= 4 is 5.97 Å². The maximum absolute atomic E-state index is 15.3. The van der Waals surface area contributed by atoms with E-state index in [2.05, 4.69) is 13.5 Å². The van der Waals surface area contributed by atoms with Crippen molar-refractivity contribution in [1.29, 1.82) is 0 Å². The van der Waals surface area contributed by atoms with Crippen molar-refractivity contribution in [2.24, 2.45) is 17.8 Å². The second-order valence-electron chi connectivity index (χ2n) is 11.9. The predicted octanol–water partition coefficient (Wildman–Crippen LogP) is 8.62. The molecule has 2 aromatic carbocycles. The molecule has 0 aromatic heterocycles. The van der Waals surface area contributed by atoms with Crippen LogP contribution in [0.4, 0.5) is 4.39 Å². The summed E-state index contributed by atoms with van der Waals surface area (Å²) in [5.41, 5.74) is 2.67. The van der Waals surface area contributed by atoms with Crippen molar-refractivity contribution in [3.63, 3.8) is 0 Å². The van der Waals surface area contributed by atoms with Crippen LogP contribution < -0.4 is 4.74 Å². The number of unbranched alkanes of at least 4 members (excludes halogenated alkanes) is 2. The Morgan fingerprint density at radius 3 is 2.17 bits per heavy atom. The topological polar surface area (TPSA) is 55.8 Å². The van der Waals surface area contributed by atoms with Crippen LogP contribution in [0.1, 0.15) is 95.5 Å². The smallest absolute Gasteiger partial charge is 0.335 e. The summed E-state index contributed by atoms with van der Waals surface area (Å²) in [4.78, 5) is 11.5. The average Bonchev–Trinajstić information content (AvgIpc) is 2.99. The van der Waals surface area contributed by atoms with Crippen LogP contribution in [0, 0.1) is 23.6 Å². The van der Waals surface area contributed by atoms with Gasteiger partial charge in [0, 0.05) is 0 Å². The number of aliphatic hydroxyl groups is 1. The number of ether oxygens (including phenoxy) is 2. The van der Waals surface area contributed by atoms with E-state index in [0.717, 1.165) is 47.3 Å². The zero-order valence-electron chi connectivity index (χ0n) is 24.2. The minimum absolute atomic E-state index is 0.0146. The van der Waals surface area contributed by atoms with Gasteiger partial charge in [-0.1, -0.05) is 76.3 Å². The minimum atomic E-state index is -0.629. The summed E-state index contributed by atoms with van der Waals surface area (Å²) in [6, 6.07) is 13.2. The van der Waals surface area contributed by atoms with E-state index >= 15 is 4.39 Å². The normalized spacial score (nSPS) is 23.0. The quantitative estimate of drug-likeness (QED) is 0.154. The molecule has 40 heavy (non-hydrogen) atoms. The fourth-order valence-corrected chi connectivity index (χ4v) is 6.77. The number of halogens is 1. The molecular formula is C35H47FO4. The highest BCUT2D eigenvalue weighted by Crippen LogP contribution is 2.45. The number of carbonyl (C=O) groups excluding carboxylic acids is 1. The first kappa shape index (κ1) is 30.3. The molecule has 1 N–H and O–H groups in total. The molecule has 2 aliphatic carbocycles. The molecule has 0 radical (unpaired) electrons. The van der Waals surface area contributed by atoms with Gasteiger partial charge in [-0.05, 0) is 97.1 Å². The molecule has 4 nitrogen and oxygen atoms in total. The number of rotatable bonds is 13. The summed E-state index contributed by atoms with van der Waals surface area (Å²) >= 11 is 0. The van der Waals surface area contributed by atoms with E-state index < -0.39 is 12.6 Å². The Labute approximate surface area is 240 Å². The van der Waals surface area contributed by atoms with Crippen LogP contribution in [-0.2, 0) is 9.53 Å². The van der Waals surface area contributed by atoms with E-state index in [1.807, 2.05) is 36.4 Å². The van der Waals surface area contributed by atoms with Crippen LogP contribution >= 0.6 is 0 Å². The van der Waals surface area contributed by atoms with Crippen LogP contribution in [-0.4, -0.2) is 30.9 Å². The van der Waals surface area contributed by atoms with Gasteiger partial charge < -0.3 is 14.6 Å². The number of aliphatic hydroxyl groups excluding tert-OH is 1. The summed E-state index contributed by atoms with van der Waals surface area (Å²) in [7, 11) is 0. The minimum Gasteiger partial charge on any atom is -0.490 e. The summed E-state index contributed by atoms with van der Waals surface area (Å²) in [6.07, 6.45) is 15.9. The lowest BCUT2D eigenvalue weighted by Crippen LogP contribution is -2.25. The van der Waals surface area contributed by atoms with Gasteiger partial charge in [-0.3, -0.25) is 0 Å². The number of hydrogen-bond acceptors (Lipinski definition) is 4. The van der Waals surface area contributed by atoms with Crippen molar-refractivity contribution in [3.8, 4) is 16.9 Å². The number of esters is 1. The zero-order chi connectivity index (χ0) is 28.3. The van der Waals surface area contributed by atoms with Gasteiger partial charge in [-0.2, -0.15) is 0 Å². The third-order valence-electron chi connectivity index (χ3n) is 9.24. The lowest BCUT2D eigenvalue weighted by molar-refractivity contribution is -0.140. The predicted molar refractivity (Wildman–Crippen MR) is 159 cm³/mol. The molecular weight excluding hydrogens is 503 g/mol. The highest BCUT2D eigenvalue weighted by atomic mass is 19.1. The number of carbonyl (C=O) groups is 1. The van der Waals surface area contributed by atoms with E-state index in [0.29, 0.717) is 11.7 Å². The van der Waals surface area contributed by atoms with E-state index in [1.165, 1.54) is 64.2 Å². The van der Waals surface area contributed by atoms with Crippen LogP contribution in [0.5, 0.6) is 5.75 Å². The first-order valence-electron chi connectivity index (χ1n) is 15.5. The Kier molecular flexibility index (Phi) is 11.6. The van der Waals surface area contributed by atoms with Crippen LogP contribution in [0.15, 0.2) is 54.6 Å². The lowest BCUT2D eigenvalue weighted by atomic mass is 9.68. The molecule has 2 fully saturated rings. The van der Waals surface area contributed by atoms with Gasteiger partial charge in [0.1, 0.15) is 24.8 Å². The molecule has 0 bridgehead atoms. The molecule has 0 saturated heterocycles. The maximum atomic E-state index is 15.3. The van der Waals surface area contributed by atoms with Crippen LogP contribution in [0.25, 0.3) is 11.1 Å². The van der Waals surface area contributed by atoms with E-state index in [1.54, 1.807) is 6.07 Å². The molecule has 0 unspecified atom stereocenters. The number of hydrogen-bond donors (Lipinski definition) is 1. The molecule has 2 aromatic rings. The van der Waals surface area contributed by atoms with Crippen molar-refractivity contribution in [1.82, 2.24) is 0 Å². The van der Waals surface area contributed by atoms with E-state index in [4.69, 9.17) is 14.6 Å². The van der Waals surface area contributed by atoms with Crippen molar-refractivity contribution in [3.05, 3.63) is 66.0 Å². The van der Waals surface area contributed by atoms with Crippen molar-refractivity contribution in [2.75, 3.05) is 19.8 Å². The fraction of sp³-hybridized carbons (Fsp3) is 0.571. The number of benzene rings is 2. The Morgan fingerprint density at radius 2 is 1.55 bits per heavy atom. The van der Waals surface area contributed by atoms with Crippen molar-refractivity contribution < 1.29 is 23.8 Å². The summed E-state index contributed by atoms with van der Waals surface area (Å²) < 4.78 is 25.9. The molecule has 2 saturated carbocycles. The second kappa shape index (κ2) is 15.4. The molecule has 0 atom stereocenters. The Bertz CT molecular complexity index is 1080. The van der Waals surface area contributed by atoms with E-state index in [9.17, 15) is 4.79 Å². The highest BCUT2D eigenvalue weighted by molar-refractivity contribution is 5.87. The van der Waals surface area contributed by atoms with Crippen molar-refractivity contribution in [2.45, 2.75) is 89.9 Å². The van der Waals surface area contributed by atoms with Crippen LogP contribution in [0.2, 0.25) is 0 Å². The molecule has 2 aliphatic rings. The van der Waals surface area contributed by atoms with Gasteiger partial charge >= 0.3 is 5.97 Å². The van der Waals surface area contributed by atoms with Gasteiger partial charge in [0.2, 0.25) is 0 Å². The third kappa shape index (κ3) is 8.42. The lowest BCUT2D eigenvalue weighted by Gasteiger charge is -2.38. The Balaban J connectivity index is 1.22. The van der Waals surface area contributed by atoms with Crippen LogP contribution in [0.3, 0.4) is 0 Å². The molecule has 5 heteroatoms. The molecule has 0 amide bonds. The second-order valence-corrected chi connectivity index (χ2v) is 11.9. The van der Waals surface area contributed by atoms with E-state index in [-0.39, 0.29) is 24.6 Å². The van der Waals surface area contributed by atoms with Gasteiger partial charge in [0.15, 0.2) is 0 Å². The maximum Gasteiger partial charge on any atom is 0.335 e. The largest absolute Gasteiger partial charge is 0.490 e. The zero-order valence-corrected chi connectivity index (χ0v) is 24.2. The van der Waals surface area contributed by atoms with Gasteiger partial charge in [0.25, 0.3) is 0 Å². The first-order chi connectivity index (χ1) is 19.5. The highest BCUT2D eigenvalue weighted by Gasteiger charge is 2.32. The molecule has 0 aliphatic heterocycles.